The van der Waals surface area contributed by atoms with Crippen LogP contribution in [0.3, 0.4) is 0 Å². The van der Waals surface area contributed by atoms with Crippen molar-refractivity contribution >= 4 is 5.91 Å². The van der Waals surface area contributed by atoms with Gasteiger partial charge in [-0.1, -0.05) is 0 Å². The number of likely N-dealkylation sites (tertiary alicyclic amines) is 1. The summed E-state index contributed by atoms with van der Waals surface area (Å²) in [6, 6.07) is 0.814. The first-order valence-corrected chi connectivity index (χ1v) is 7.19. The fourth-order valence-electron chi connectivity index (χ4n) is 2.72. The Bertz CT molecular complexity index is 245. The number of nitrogens with one attached hydrogen (secondary N) is 1. The maximum absolute atomic E-state index is 12.2. The van der Waals surface area contributed by atoms with Crippen molar-refractivity contribution in [1.82, 2.24) is 15.1 Å². The molecule has 0 aromatic rings. The van der Waals surface area contributed by atoms with E-state index in [1.807, 2.05) is 0 Å². The van der Waals surface area contributed by atoms with E-state index in [2.05, 4.69) is 43.1 Å². The third kappa shape index (κ3) is 4.94. The van der Waals surface area contributed by atoms with Gasteiger partial charge in [-0.05, 0) is 66.7 Å². The Morgan fingerprint density at radius 1 is 1.28 bits per heavy atom. The van der Waals surface area contributed by atoms with Gasteiger partial charge in [0.1, 0.15) is 0 Å². The van der Waals surface area contributed by atoms with Crippen LogP contribution >= 0.6 is 0 Å². The Balaban J connectivity index is 2.22. The van der Waals surface area contributed by atoms with Crippen LogP contribution in [-0.4, -0.2) is 61.5 Å². The van der Waals surface area contributed by atoms with Gasteiger partial charge in [-0.3, -0.25) is 4.79 Å². The first-order chi connectivity index (χ1) is 8.52. The van der Waals surface area contributed by atoms with Crippen molar-refractivity contribution in [3.05, 3.63) is 0 Å². The van der Waals surface area contributed by atoms with Crippen LogP contribution in [0.25, 0.3) is 0 Å². The van der Waals surface area contributed by atoms with Crippen LogP contribution in [0.5, 0.6) is 0 Å². The molecule has 0 unspecified atom stereocenters. The largest absolute Gasteiger partial charge is 0.336 e. The van der Waals surface area contributed by atoms with E-state index in [0.717, 1.165) is 32.4 Å². The molecule has 1 aliphatic heterocycles. The number of piperidine rings is 1. The lowest BCUT2D eigenvalue weighted by Gasteiger charge is -2.39. The van der Waals surface area contributed by atoms with Gasteiger partial charge in [0.05, 0.1) is 6.54 Å². The summed E-state index contributed by atoms with van der Waals surface area (Å²) in [5, 5.41) is 3.26. The van der Waals surface area contributed by atoms with E-state index in [9.17, 15) is 4.79 Å². The Kier molecular flexibility index (Phi) is 6.65. The zero-order valence-corrected chi connectivity index (χ0v) is 12.4. The average Bonchev–Trinajstić information content (AvgIpc) is 2.27. The van der Waals surface area contributed by atoms with Gasteiger partial charge in [0.25, 0.3) is 0 Å². The van der Waals surface area contributed by atoms with Crippen LogP contribution in [0.4, 0.5) is 0 Å². The van der Waals surface area contributed by atoms with Gasteiger partial charge in [0, 0.05) is 12.1 Å². The summed E-state index contributed by atoms with van der Waals surface area (Å²) in [7, 11) is 4.14. The molecule has 0 spiro atoms. The molecule has 1 saturated heterocycles. The van der Waals surface area contributed by atoms with Crippen LogP contribution < -0.4 is 5.32 Å². The highest BCUT2D eigenvalue weighted by Crippen LogP contribution is 2.22. The van der Waals surface area contributed by atoms with E-state index in [0.29, 0.717) is 18.6 Å². The first-order valence-electron chi connectivity index (χ1n) is 7.19. The fourth-order valence-corrected chi connectivity index (χ4v) is 2.72. The van der Waals surface area contributed by atoms with Crippen molar-refractivity contribution in [3.63, 3.8) is 0 Å². The molecule has 1 N–H and O–H groups in total. The standard InChI is InChI=1S/C14H29N3O/c1-12-7-5-8-13(2)17(12)14(18)11-15-9-6-10-16(3)4/h12-13,15H,5-11H2,1-4H3/t12-,13-/m0/s1. The van der Waals surface area contributed by atoms with Crippen LogP contribution in [0.1, 0.15) is 39.5 Å². The zero-order valence-electron chi connectivity index (χ0n) is 12.4. The van der Waals surface area contributed by atoms with Gasteiger partial charge in [0.15, 0.2) is 0 Å². The minimum Gasteiger partial charge on any atom is -0.336 e. The molecule has 4 heteroatoms. The fraction of sp³-hybridized carbons (Fsp3) is 0.929. The minimum absolute atomic E-state index is 0.263. The normalized spacial score (nSPS) is 24.6. The van der Waals surface area contributed by atoms with Crippen molar-refractivity contribution in [2.24, 2.45) is 0 Å². The van der Waals surface area contributed by atoms with E-state index < -0.39 is 0 Å². The summed E-state index contributed by atoms with van der Waals surface area (Å²) in [5.74, 6) is 0.263. The van der Waals surface area contributed by atoms with E-state index in [1.165, 1.54) is 6.42 Å². The third-order valence-corrected chi connectivity index (χ3v) is 3.72. The van der Waals surface area contributed by atoms with Gasteiger partial charge >= 0.3 is 0 Å². The number of amides is 1. The maximum atomic E-state index is 12.2. The number of carbonyl (C=O) groups excluding carboxylic acids is 1. The van der Waals surface area contributed by atoms with Crippen LogP contribution in [0.15, 0.2) is 0 Å². The number of hydrogen-bond acceptors (Lipinski definition) is 3. The summed E-state index contributed by atoms with van der Waals surface area (Å²) in [5.41, 5.74) is 0. The van der Waals surface area contributed by atoms with Crippen molar-refractivity contribution in [1.29, 1.82) is 0 Å². The summed E-state index contributed by atoms with van der Waals surface area (Å²) in [6.45, 7) is 6.81. The van der Waals surface area contributed by atoms with Gasteiger partial charge in [-0.25, -0.2) is 0 Å². The smallest absolute Gasteiger partial charge is 0.237 e. The van der Waals surface area contributed by atoms with Crippen LogP contribution in [0.2, 0.25) is 0 Å². The van der Waals surface area contributed by atoms with Crippen molar-refractivity contribution in [3.8, 4) is 0 Å². The second-order valence-corrected chi connectivity index (χ2v) is 5.76. The van der Waals surface area contributed by atoms with E-state index in [4.69, 9.17) is 0 Å². The van der Waals surface area contributed by atoms with Crippen molar-refractivity contribution < 1.29 is 4.79 Å². The topological polar surface area (TPSA) is 35.6 Å². The molecule has 0 aromatic heterocycles. The lowest BCUT2D eigenvalue weighted by molar-refractivity contribution is -0.136. The molecule has 106 valence electrons. The predicted octanol–water partition coefficient (Wildman–Crippen LogP) is 1.32. The van der Waals surface area contributed by atoms with Gasteiger partial charge < -0.3 is 15.1 Å². The minimum atomic E-state index is 0.263. The highest BCUT2D eigenvalue weighted by molar-refractivity contribution is 5.79. The second kappa shape index (κ2) is 7.74. The maximum Gasteiger partial charge on any atom is 0.237 e. The molecule has 18 heavy (non-hydrogen) atoms. The van der Waals surface area contributed by atoms with Gasteiger partial charge in [0.2, 0.25) is 5.91 Å². The molecule has 0 aliphatic carbocycles. The quantitative estimate of drug-likeness (QED) is 0.727. The monoisotopic (exact) mass is 255 g/mol. The average molecular weight is 255 g/mol. The molecular formula is C14H29N3O. The van der Waals surface area contributed by atoms with Gasteiger partial charge in [-0.2, -0.15) is 0 Å². The summed E-state index contributed by atoms with van der Waals surface area (Å²) in [6.07, 6.45) is 4.64. The van der Waals surface area contributed by atoms with Crippen LogP contribution in [-0.2, 0) is 4.79 Å². The number of nitrogens with zero attached hydrogens (tertiary/aromatic N) is 2. The molecule has 0 saturated carbocycles. The van der Waals surface area contributed by atoms with Crippen molar-refractivity contribution in [2.75, 3.05) is 33.7 Å². The highest BCUT2D eigenvalue weighted by Gasteiger charge is 2.28. The van der Waals surface area contributed by atoms with E-state index >= 15 is 0 Å². The molecule has 1 rings (SSSR count). The van der Waals surface area contributed by atoms with Crippen LogP contribution in [0, 0.1) is 0 Å². The Morgan fingerprint density at radius 3 is 2.44 bits per heavy atom. The van der Waals surface area contributed by atoms with Gasteiger partial charge in [-0.15, -0.1) is 0 Å². The Labute approximate surface area is 112 Å². The molecule has 0 bridgehead atoms. The van der Waals surface area contributed by atoms with E-state index in [-0.39, 0.29) is 5.91 Å². The third-order valence-electron chi connectivity index (χ3n) is 3.72. The molecule has 4 nitrogen and oxygen atoms in total. The van der Waals surface area contributed by atoms with E-state index in [1.54, 1.807) is 0 Å². The first kappa shape index (κ1) is 15.4. The zero-order chi connectivity index (χ0) is 13.5. The molecule has 1 heterocycles. The molecule has 0 aromatic carbocycles. The SMILES string of the molecule is C[C@H]1CCC[C@H](C)N1C(=O)CNCCCN(C)C. The lowest BCUT2D eigenvalue weighted by Crippen LogP contribution is -2.50. The van der Waals surface area contributed by atoms with Crippen molar-refractivity contribution in [2.45, 2.75) is 51.6 Å². The molecular weight excluding hydrogens is 226 g/mol. The Morgan fingerprint density at radius 2 is 1.89 bits per heavy atom. The molecule has 0 radical (unpaired) electrons. The Hall–Kier alpha value is -0.610. The molecule has 1 fully saturated rings. The molecule has 1 amide bonds. The number of hydrogen-bond donors (Lipinski definition) is 1. The molecule has 2 atom stereocenters. The summed E-state index contributed by atoms with van der Waals surface area (Å²) in [4.78, 5) is 16.4. The summed E-state index contributed by atoms with van der Waals surface area (Å²) >= 11 is 0. The highest BCUT2D eigenvalue weighted by atomic mass is 16.2. The number of rotatable bonds is 6. The lowest BCUT2D eigenvalue weighted by atomic mass is 9.97. The number of carbonyl (C=O) groups is 1. The molecule has 1 aliphatic rings. The second-order valence-electron chi connectivity index (χ2n) is 5.76. The predicted molar refractivity (Wildman–Crippen MR) is 75.7 cm³/mol. The summed E-state index contributed by atoms with van der Waals surface area (Å²) < 4.78 is 0.